The first-order chi connectivity index (χ1) is 7.81. The summed E-state index contributed by atoms with van der Waals surface area (Å²) in [4.78, 5) is 0. The maximum Gasteiger partial charge on any atom is 0.119 e. The fraction of sp³-hybridized carbons (Fsp3) is 0.333. The molecule has 1 heteroatoms. The van der Waals surface area contributed by atoms with Crippen LogP contribution >= 0.6 is 0 Å². The van der Waals surface area contributed by atoms with E-state index < -0.39 is 0 Å². The van der Waals surface area contributed by atoms with E-state index in [-0.39, 0.29) is 0 Å². The summed E-state index contributed by atoms with van der Waals surface area (Å²) in [7, 11) is 0. The fourth-order valence-electron chi connectivity index (χ4n) is 1.93. The van der Waals surface area contributed by atoms with Gasteiger partial charge in [0.2, 0.25) is 0 Å². The maximum atomic E-state index is 5.78. The van der Waals surface area contributed by atoms with E-state index in [1.807, 2.05) is 0 Å². The van der Waals surface area contributed by atoms with Crippen molar-refractivity contribution in [1.29, 1.82) is 0 Å². The Morgan fingerprint density at radius 2 is 1.88 bits per heavy atom. The summed E-state index contributed by atoms with van der Waals surface area (Å²) in [5, 5.41) is 2.55. The molecule has 0 spiro atoms. The minimum Gasteiger partial charge on any atom is -0.493 e. The molecule has 0 radical (unpaired) electrons. The highest BCUT2D eigenvalue weighted by Gasteiger charge is 2.21. The molecule has 0 amide bonds. The Labute approximate surface area is 96.0 Å². The standard InChI is InChI=1S/C15H16O/c1-11-2-5-13-6-7-15(9-14(13)8-11)16-10-12-3-4-12/h2,5-9,12H,3-4,10H2,1H3. The van der Waals surface area contributed by atoms with E-state index in [4.69, 9.17) is 4.74 Å². The van der Waals surface area contributed by atoms with Crippen LogP contribution in [0.15, 0.2) is 36.4 Å². The summed E-state index contributed by atoms with van der Waals surface area (Å²) in [5.74, 6) is 1.82. The SMILES string of the molecule is Cc1ccc2ccc(OCC3CC3)cc2c1. The number of aryl methyl sites for hydroxylation is 1. The van der Waals surface area contributed by atoms with Crippen LogP contribution in [0.2, 0.25) is 0 Å². The van der Waals surface area contributed by atoms with Gasteiger partial charge in [-0.15, -0.1) is 0 Å². The highest BCUT2D eigenvalue weighted by Crippen LogP contribution is 2.30. The van der Waals surface area contributed by atoms with Crippen LogP contribution in [0.3, 0.4) is 0 Å². The summed E-state index contributed by atoms with van der Waals surface area (Å²) in [6.45, 7) is 3.01. The van der Waals surface area contributed by atoms with Gasteiger partial charge >= 0.3 is 0 Å². The molecule has 0 N–H and O–H groups in total. The first kappa shape index (κ1) is 9.71. The van der Waals surface area contributed by atoms with E-state index in [2.05, 4.69) is 43.3 Å². The molecule has 1 nitrogen and oxygen atoms in total. The monoisotopic (exact) mass is 212 g/mol. The topological polar surface area (TPSA) is 9.23 Å². The zero-order valence-electron chi connectivity index (χ0n) is 9.57. The maximum absolute atomic E-state index is 5.78. The van der Waals surface area contributed by atoms with E-state index in [0.717, 1.165) is 18.3 Å². The number of hydrogen-bond acceptors (Lipinski definition) is 1. The van der Waals surface area contributed by atoms with E-state index >= 15 is 0 Å². The second-order valence-corrected chi connectivity index (χ2v) is 4.77. The van der Waals surface area contributed by atoms with Gasteiger partial charge in [-0.2, -0.15) is 0 Å². The molecule has 0 heterocycles. The molecule has 2 aromatic carbocycles. The fourth-order valence-corrected chi connectivity index (χ4v) is 1.93. The van der Waals surface area contributed by atoms with Crippen LogP contribution in [-0.4, -0.2) is 6.61 Å². The molecule has 0 unspecified atom stereocenters. The van der Waals surface area contributed by atoms with Gasteiger partial charge in [-0.1, -0.05) is 29.8 Å². The molecule has 1 saturated carbocycles. The van der Waals surface area contributed by atoms with Gasteiger partial charge in [-0.05, 0) is 48.6 Å². The molecule has 0 saturated heterocycles. The smallest absolute Gasteiger partial charge is 0.119 e. The number of rotatable bonds is 3. The Hall–Kier alpha value is -1.50. The Kier molecular flexibility index (Phi) is 2.32. The van der Waals surface area contributed by atoms with Crippen molar-refractivity contribution in [2.24, 2.45) is 5.92 Å². The minimum atomic E-state index is 0.813. The summed E-state index contributed by atoms with van der Waals surface area (Å²) >= 11 is 0. The van der Waals surface area contributed by atoms with Crippen LogP contribution in [0.4, 0.5) is 0 Å². The quantitative estimate of drug-likeness (QED) is 0.748. The predicted octanol–water partition coefficient (Wildman–Crippen LogP) is 3.94. The van der Waals surface area contributed by atoms with E-state index in [1.54, 1.807) is 0 Å². The molecule has 0 aliphatic heterocycles. The Morgan fingerprint density at radius 1 is 1.06 bits per heavy atom. The van der Waals surface area contributed by atoms with Crippen molar-refractivity contribution in [1.82, 2.24) is 0 Å². The zero-order valence-corrected chi connectivity index (χ0v) is 9.57. The largest absolute Gasteiger partial charge is 0.493 e. The van der Waals surface area contributed by atoms with Crippen molar-refractivity contribution >= 4 is 10.8 Å². The number of fused-ring (bicyclic) bond motifs is 1. The Morgan fingerprint density at radius 3 is 2.69 bits per heavy atom. The van der Waals surface area contributed by atoms with Crippen LogP contribution in [0, 0.1) is 12.8 Å². The van der Waals surface area contributed by atoms with E-state index in [0.29, 0.717) is 0 Å². The van der Waals surface area contributed by atoms with Crippen LogP contribution < -0.4 is 4.74 Å². The van der Waals surface area contributed by atoms with Gasteiger partial charge in [0.1, 0.15) is 5.75 Å². The van der Waals surface area contributed by atoms with Crippen LogP contribution in [0.25, 0.3) is 10.8 Å². The Balaban J connectivity index is 1.87. The van der Waals surface area contributed by atoms with Crippen molar-refractivity contribution in [3.05, 3.63) is 42.0 Å². The highest BCUT2D eigenvalue weighted by atomic mass is 16.5. The lowest BCUT2D eigenvalue weighted by Gasteiger charge is -2.06. The number of benzene rings is 2. The molecule has 82 valence electrons. The third-order valence-electron chi connectivity index (χ3n) is 3.15. The van der Waals surface area contributed by atoms with Crippen LogP contribution in [0.1, 0.15) is 18.4 Å². The van der Waals surface area contributed by atoms with Gasteiger partial charge in [-0.25, -0.2) is 0 Å². The van der Waals surface area contributed by atoms with Crippen LogP contribution in [-0.2, 0) is 0 Å². The molecule has 0 bridgehead atoms. The molecule has 0 aromatic heterocycles. The van der Waals surface area contributed by atoms with Crippen LogP contribution in [0.5, 0.6) is 5.75 Å². The lowest BCUT2D eigenvalue weighted by Crippen LogP contribution is -1.98. The second kappa shape index (κ2) is 3.82. The van der Waals surface area contributed by atoms with Crippen molar-refractivity contribution in [2.45, 2.75) is 19.8 Å². The first-order valence-electron chi connectivity index (χ1n) is 5.94. The lowest BCUT2D eigenvalue weighted by atomic mass is 10.1. The lowest BCUT2D eigenvalue weighted by molar-refractivity contribution is 0.300. The molecule has 0 atom stereocenters. The van der Waals surface area contributed by atoms with Gasteiger partial charge in [0.05, 0.1) is 6.61 Å². The molecular formula is C15H16O. The van der Waals surface area contributed by atoms with E-state index in [9.17, 15) is 0 Å². The summed E-state index contributed by atoms with van der Waals surface area (Å²) < 4.78 is 5.78. The zero-order chi connectivity index (χ0) is 11.0. The highest BCUT2D eigenvalue weighted by molar-refractivity contribution is 5.84. The van der Waals surface area contributed by atoms with Gasteiger partial charge in [0, 0.05) is 0 Å². The molecule has 1 aliphatic rings. The number of hydrogen-bond donors (Lipinski definition) is 0. The molecule has 2 aromatic rings. The van der Waals surface area contributed by atoms with Gasteiger partial charge in [0.15, 0.2) is 0 Å². The van der Waals surface area contributed by atoms with Crippen molar-refractivity contribution in [2.75, 3.05) is 6.61 Å². The van der Waals surface area contributed by atoms with Crippen molar-refractivity contribution < 1.29 is 4.74 Å². The van der Waals surface area contributed by atoms with Crippen molar-refractivity contribution in [3.8, 4) is 5.75 Å². The first-order valence-corrected chi connectivity index (χ1v) is 5.94. The predicted molar refractivity (Wildman–Crippen MR) is 66.9 cm³/mol. The van der Waals surface area contributed by atoms with E-state index in [1.165, 1.54) is 29.2 Å². The van der Waals surface area contributed by atoms with Crippen molar-refractivity contribution in [3.63, 3.8) is 0 Å². The second-order valence-electron chi connectivity index (χ2n) is 4.77. The number of ether oxygens (including phenoxy) is 1. The minimum absolute atomic E-state index is 0.813. The summed E-state index contributed by atoms with van der Waals surface area (Å²) in [6.07, 6.45) is 2.68. The molecule has 16 heavy (non-hydrogen) atoms. The molecule has 1 aliphatic carbocycles. The van der Waals surface area contributed by atoms with Gasteiger partial charge in [0.25, 0.3) is 0 Å². The van der Waals surface area contributed by atoms with Gasteiger partial charge in [-0.3, -0.25) is 0 Å². The molecule has 1 fully saturated rings. The third kappa shape index (κ3) is 2.04. The summed E-state index contributed by atoms with van der Waals surface area (Å²) in [6, 6.07) is 12.9. The van der Waals surface area contributed by atoms with Gasteiger partial charge < -0.3 is 4.74 Å². The third-order valence-corrected chi connectivity index (χ3v) is 3.15. The normalized spacial score (nSPS) is 15.3. The average Bonchev–Trinajstić information content (AvgIpc) is 3.09. The molecule has 3 rings (SSSR count). The average molecular weight is 212 g/mol. The Bertz CT molecular complexity index is 512. The molecular weight excluding hydrogens is 196 g/mol. The summed E-state index contributed by atoms with van der Waals surface area (Å²) in [5.41, 5.74) is 1.30.